The Morgan fingerprint density at radius 1 is 1.36 bits per heavy atom. The van der Waals surface area contributed by atoms with Crippen LogP contribution in [0.4, 0.5) is 5.82 Å². The van der Waals surface area contributed by atoms with Gasteiger partial charge < -0.3 is 19.5 Å². The Bertz CT molecular complexity index is 611. The second kappa shape index (κ2) is 9.45. The Labute approximate surface area is 150 Å². The smallest absolute Gasteiger partial charge is 0.316 e. The summed E-state index contributed by atoms with van der Waals surface area (Å²) in [7, 11) is 0. The van der Waals surface area contributed by atoms with Gasteiger partial charge in [0, 0.05) is 19.2 Å². The van der Waals surface area contributed by atoms with Gasteiger partial charge in [-0.1, -0.05) is 12.1 Å². The van der Waals surface area contributed by atoms with Crippen LogP contribution in [0.1, 0.15) is 25.5 Å². The van der Waals surface area contributed by atoms with Crippen LogP contribution in [0.3, 0.4) is 0 Å². The van der Waals surface area contributed by atoms with Gasteiger partial charge in [-0.05, 0) is 25.7 Å². The Hall–Kier alpha value is -2.03. The van der Waals surface area contributed by atoms with E-state index in [-0.39, 0.29) is 29.9 Å². The van der Waals surface area contributed by atoms with E-state index in [9.17, 15) is 14.4 Å². The van der Waals surface area contributed by atoms with Crippen molar-refractivity contribution in [2.45, 2.75) is 26.7 Å². The molecule has 0 spiro atoms. The third-order valence-electron chi connectivity index (χ3n) is 3.84. The summed E-state index contributed by atoms with van der Waals surface area (Å²) >= 11 is 1.11. The Morgan fingerprint density at radius 2 is 2.08 bits per heavy atom. The molecule has 2 heterocycles. The summed E-state index contributed by atoms with van der Waals surface area (Å²) in [6.45, 7) is 5.08. The molecule has 1 saturated heterocycles. The second-order valence-electron chi connectivity index (χ2n) is 6.09. The highest BCUT2D eigenvalue weighted by atomic mass is 32.2. The van der Waals surface area contributed by atoms with Crippen molar-refractivity contribution in [2.24, 2.45) is 5.92 Å². The first-order valence-corrected chi connectivity index (χ1v) is 9.34. The molecule has 0 aliphatic carbocycles. The van der Waals surface area contributed by atoms with Gasteiger partial charge in [0.05, 0.1) is 11.5 Å². The van der Waals surface area contributed by atoms with Gasteiger partial charge in [0.15, 0.2) is 12.4 Å². The topological polar surface area (TPSA) is 102 Å². The molecule has 0 atom stereocenters. The van der Waals surface area contributed by atoms with Crippen LogP contribution in [-0.4, -0.2) is 59.0 Å². The van der Waals surface area contributed by atoms with E-state index in [0.717, 1.165) is 24.6 Å². The number of hydrogen-bond donors (Lipinski definition) is 1. The fourth-order valence-electron chi connectivity index (χ4n) is 2.36. The number of amides is 2. The maximum atomic E-state index is 12.0. The largest absolute Gasteiger partial charge is 0.455 e. The van der Waals surface area contributed by atoms with Gasteiger partial charge in [-0.2, -0.15) is 0 Å². The van der Waals surface area contributed by atoms with Crippen LogP contribution >= 0.6 is 11.8 Å². The minimum atomic E-state index is -0.506. The number of nitrogens with one attached hydrogen (secondary N) is 1. The van der Waals surface area contributed by atoms with E-state index in [1.807, 2.05) is 0 Å². The number of carbonyl (C=O) groups is 3. The molecule has 0 aromatic carbocycles. The molecule has 0 saturated carbocycles. The summed E-state index contributed by atoms with van der Waals surface area (Å²) in [4.78, 5) is 37.0. The highest BCUT2D eigenvalue weighted by molar-refractivity contribution is 8.00. The molecule has 1 aromatic heterocycles. The molecule has 1 N–H and O–H groups in total. The van der Waals surface area contributed by atoms with E-state index in [1.165, 1.54) is 0 Å². The van der Waals surface area contributed by atoms with Crippen LogP contribution in [-0.2, 0) is 19.1 Å². The molecule has 0 bridgehead atoms. The van der Waals surface area contributed by atoms with E-state index in [1.54, 1.807) is 17.9 Å². The third-order valence-corrected chi connectivity index (χ3v) is 4.75. The van der Waals surface area contributed by atoms with Gasteiger partial charge in [-0.25, -0.2) is 0 Å². The normalized spacial score (nSPS) is 15.0. The summed E-state index contributed by atoms with van der Waals surface area (Å²) in [5.41, 5.74) is 0. The summed E-state index contributed by atoms with van der Waals surface area (Å²) in [6, 6.07) is 1.60. The number of rotatable bonds is 7. The molecule has 1 fully saturated rings. The predicted octanol–water partition coefficient (Wildman–Crippen LogP) is 1.46. The van der Waals surface area contributed by atoms with Crippen LogP contribution in [0, 0.1) is 12.8 Å². The molecule has 8 nitrogen and oxygen atoms in total. The maximum Gasteiger partial charge on any atom is 0.316 e. The number of hydrogen-bond acceptors (Lipinski definition) is 7. The van der Waals surface area contributed by atoms with Gasteiger partial charge in [0.1, 0.15) is 5.76 Å². The third kappa shape index (κ3) is 6.77. The number of piperidine rings is 1. The highest BCUT2D eigenvalue weighted by Gasteiger charge is 2.21. The lowest BCUT2D eigenvalue weighted by Gasteiger charge is -2.30. The van der Waals surface area contributed by atoms with Crippen molar-refractivity contribution in [3.8, 4) is 0 Å². The average molecular weight is 369 g/mol. The fraction of sp³-hybridized carbons (Fsp3) is 0.625. The molecular formula is C16H23N3O5S. The number of thioether (sulfide) groups is 1. The van der Waals surface area contributed by atoms with Gasteiger partial charge >= 0.3 is 5.97 Å². The zero-order valence-electron chi connectivity index (χ0n) is 14.4. The summed E-state index contributed by atoms with van der Waals surface area (Å²) < 4.78 is 9.81. The Morgan fingerprint density at radius 3 is 2.72 bits per heavy atom. The van der Waals surface area contributed by atoms with Gasteiger partial charge in [0.2, 0.25) is 5.91 Å². The minimum absolute atomic E-state index is 0.00950. The van der Waals surface area contributed by atoms with E-state index in [0.29, 0.717) is 30.6 Å². The quantitative estimate of drug-likeness (QED) is 0.726. The van der Waals surface area contributed by atoms with Crippen LogP contribution in [0.25, 0.3) is 0 Å². The molecule has 25 heavy (non-hydrogen) atoms. The number of esters is 1. The monoisotopic (exact) mass is 369 g/mol. The van der Waals surface area contributed by atoms with Crippen LogP contribution in [0.5, 0.6) is 0 Å². The van der Waals surface area contributed by atoms with E-state index >= 15 is 0 Å². The van der Waals surface area contributed by atoms with Crippen LogP contribution < -0.4 is 5.32 Å². The molecule has 0 unspecified atom stereocenters. The van der Waals surface area contributed by atoms with Gasteiger partial charge in [0.25, 0.3) is 5.91 Å². The SMILES string of the molecule is Cc1cc(NC(=O)CSCC(=O)OCC(=O)N2CCC(C)CC2)no1. The van der Waals surface area contributed by atoms with Gasteiger partial charge in [-0.3, -0.25) is 14.4 Å². The number of likely N-dealkylation sites (tertiary alicyclic amines) is 1. The zero-order valence-corrected chi connectivity index (χ0v) is 15.3. The number of nitrogens with zero attached hydrogens (tertiary/aromatic N) is 2. The van der Waals surface area contributed by atoms with E-state index in [4.69, 9.17) is 9.26 Å². The lowest BCUT2D eigenvalue weighted by atomic mass is 9.99. The number of carbonyl (C=O) groups excluding carboxylic acids is 3. The van der Waals surface area contributed by atoms with Gasteiger partial charge in [-0.15, -0.1) is 11.8 Å². The minimum Gasteiger partial charge on any atom is -0.455 e. The molecule has 1 aliphatic rings. The number of aromatic nitrogens is 1. The van der Waals surface area contributed by atoms with Crippen molar-refractivity contribution in [3.05, 3.63) is 11.8 Å². The zero-order chi connectivity index (χ0) is 18.2. The molecule has 0 radical (unpaired) electrons. The number of aryl methyl sites for hydroxylation is 1. The first-order chi connectivity index (χ1) is 11.9. The van der Waals surface area contributed by atoms with Crippen molar-refractivity contribution in [1.82, 2.24) is 10.1 Å². The number of anilines is 1. The van der Waals surface area contributed by atoms with Crippen molar-refractivity contribution in [3.63, 3.8) is 0 Å². The predicted molar refractivity (Wildman–Crippen MR) is 93.1 cm³/mol. The lowest BCUT2D eigenvalue weighted by molar-refractivity contribution is -0.150. The Kier molecular flexibility index (Phi) is 7.30. The van der Waals surface area contributed by atoms with Crippen LogP contribution in [0.15, 0.2) is 10.6 Å². The fourth-order valence-corrected chi connectivity index (χ4v) is 2.97. The molecule has 2 amide bonds. The van der Waals surface area contributed by atoms with E-state index in [2.05, 4.69) is 17.4 Å². The highest BCUT2D eigenvalue weighted by Crippen LogP contribution is 2.16. The Balaban J connectivity index is 1.57. The van der Waals surface area contributed by atoms with E-state index < -0.39 is 5.97 Å². The second-order valence-corrected chi connectivity index (χ2v) is 7.07. The number of ether oxygens (including phenoxy) is 1. The van der Waals surface area contributed by atoms with Crippen molar-refractivity contribution >= 4 is 35.4 Å². The molecule has 2 rings (SSSR count). The molecular weight excluding hydrogens is 346 g/mol. The lowest BCUT2D eigenvalue weighted by Crippen LogP contribution is -2.40. The first kappa shape index (κ1) is 19.3. The van der Waals surface area contributed by atoms with Crippen LogP contribution in [0.2, 0.25) is 0 Å². The van der Waals surface area contributed by atoms with Crippen molar-refractivity contribution < 1.29 is 23.6 Å². The van der Waals surface area contributed by atoms with Crippen molar-refractivity contribution in [1.29, 1.82) is 0 Å². The molecule has 1 aliphatic heterocycles. The maximum absolute atomic E-state index is 12.0. The summed E-state index contributed by atoms with van der Waals surface area (Å²) in [5.74, 6) is 0.707. The first-order valence-electron chi connectivity index (χ1n) is 8.18. The summed E-state index contributed by atoms with van der Waals surface area (Å²) in [6.07, 6.45) is 1.96. The summed E-state index contributed by atoms with van der Waals surface area (Å²) in [5, 5.41) is 6.20. The average Bonchev–Trinajstić information content (AvgIpc) is 2.98. The standard InChI is InChI=1S/C16H23N3O5S/c1-11-3-5-19(6-4-11)15(21)8-23-16(22)10-25-9-14(20)17-13-7-12(2)24-18-13/h7,11H,3-6,8-10H2,1-2H3,(H,17,18,20). The van der Waals surface area contributed by atoms with Crippen molar-refractivity contribution in [2.75, 3.05) is 36.5 Å². The molecule has 1 aromatic rings. The molecule has 9 heteroatoms. The molecule has 138 valence electrons.